The molecule has 0 aliphatic heterocycles. The molecule has 14 heteroatoms. The zero-order chi connectivity index (χ0) is 31.1. The Kier molecular flexibility index (Phi) is 9.81. The Labute approximate surface area is 245 Å². The molecule has 2 aromatic heterocycles. The van der Waals surface area contributed by atoms with E-state index in [9.17, 15) is 23.5 Å². The Bertz CT molecular complexity index is 1690. The predicted octanol–water partition coefficient (Wildman–Crippen LogP) is 2.44. The van der Waals surface area contributed by atoms with E-state index in [4.69, 9.17) is 15.7 Å². The molecule has 4 rings (SSSR count). The summed E-state index contributed by atoms with van der Waals surface area (Å²) in [5, 5.41) is 26.5. The molecule has 0 saturated carbocycles. The first-order valence-corrected chi connectivity index (χ1v) is 13.4. The highest BCUT2D eigenvalue weighted by Crippen LogP contribution is 2.32. The molecular weight excluding hydrogens is 562 g/mol. The summed E-state index contributed by atoms with van der Waals surface area (Å²) in [6.45, 7) is 3.20. The number of amides is 2. The van der Waals surface area contributed by atoms with E-state index in [0.29, 0.717) is 29.1 Å². The lowest BCUT2D eigenvalue weighted by molar-refractivity contribution is -0.124. The van der Waals surface area contributed by atoms with Crippen LogP contribution in [0.25, 0.3) is 16.9 Å². The molecule has 0 fully saturated rings. The summed E-state index contributed by atoms with van der Waals surface area (Å²) in [5.41, 5.74) is 7.96. The summed E-state index contributed by atoms with van der Waals surface area (Å²) >= 11 is 0. The molecule has 0 bridgehead atoms. The molecule has 6 N–H and O–H groups in total. The molecule has 224 valence electrons. The topological polar surface area (TPSA) is 180 Å². The zero-order valence-corrected chi connectivity index (χ0v) is 23.4. The lowest BCUT2D eigenvalue weighted by Gasteiger charge is -2.15. The van der Waals surface area contributed by atoms with Crippen LogP contribution >= 0.6 is 0 Å². The van der Waals surface area contributed by atoms with Crippen LogP contribution in [0.1, 0.15) is 29.8 Å². The minimum atomic E-state index is -1.21. The van der Waals surface area contributed by atoms with Gasteiger partial charge in [0.15, 0.2) is 29.6 Å². The zero-order valence-electron chi connectivity index (χ0n) is 23.4. The third-order valence-corrected chi connectivity index (χ3v) is 6.57. The van der Waals surface area contributed by atoms with Crippen molar-refractivity contribution in [2.24, 2.45) is 5.73 Å². The van der Waals surface area contributed by atoms with Gasteiger partial charge in [0.25, 0.3) is 5.91 Å². The number of hydrogen-bond acceptors (Lipinski definition) is 9. The van der Waals surface area contributed by atoms with Crippen molar-refractivity contribution in [2.45, 2.75) is 32.4 Å². The molecule has 1 unspecified atom stereocenters. The highest BCUT2D eigenvalue weighted by molar-refractivity contribution is 5.96. The monoisotopic (exact) mass is 592 g/mol. The number of halogens is 2. The van der Waals surface area contributed by atoms with Gasteiger partial charge < -0.3 is 31.5 Å². The fourth-order valence-corrected chi connectivity index (χ4v) is 4.27. The maximum absolute atomic E-state index is 14.9. The number of carbonyl (C=O) groups excluding carboxylic acids is 2. The van der Waals surface area contributed by atoms with Crippen molar-refractivity contribution in [3.63, 3.8) is 0 Å². The van der Waals surface area contributed by atoms with Crippen molar-refractivity contribution < 1.29 is 28.2 Å². The van der Waals surface area contributed by atoms with E-state index in [-0.39, 0.29) is 36.0 Å². The third kappa shape index (κ3) is 6.85. The molecule has 0 saturated heterocycles. The van der Waals surface area contributed by atoms with Gasteiger partial charge in [-0.3, -0.25) is 14.0 Å². The minimum Gasteiger partial charge on any atom is -0.476 e. The standard InChI is InChI=1S/C29H30F2N8O4/c1-3-17-14-18(4-5-19(17)28(41)35-9-10-36-29(42)25(33)16(2)40)38-26-27-37-15-21(39(27)12-11-34-26)20-6-7-22(43-13-8-32)24(31)23(20)30/h4-7,11-12,14-16,25,40H,3,9-10,13,33H2,1-2H3,(H,34,38)(H,35,41)(H,36,42)/t16-,25?/m1/s1. The number of nitrogens with one attached hydrogen (secondary N) is 3. The second kappa shape index (κ2) is 13.7. The maximum Gasteiger partial charge on any atom is 0.251 e. The molecule has 4 aromatic rings. The first-order chi connectivity index (χ1) is 20.7. The SMILES string of the molecule is CCc1cc(Nc2nccn3c(-c4ccc(OCC#N)c(F)c4F)cnc23)ccc1C(=O)NCCNC(=O)C(N)[C@@H](C)O. The van der Waals surface area contributed by atoms with Gasteiger partial charge in [-0.05, 0) is 49.2 Å². The highest BCUT2D eigenvalue weighted by Gasteiger charge is 2.20. The second-order valence-electron chi connectivity index (χ2n) is 9.46. The summed E-state index contributed by atoms with van der Waals surface area (Å²) in [6, 6.07) is 8.40. The molecule has 2 atom stereocenters. The van der Waals surface area contributed by atoms with Crippen LogP contribution < -0.4 is 26.4 Å². The maximum atomic E-state index is 14.9. The van der Waals surface area contributed by atoms with Crippen molar-refractivity contribution in [3.8, 4) is 23.1 Å². The Morgan fingerprint density at radius 2 is 1.93 bits per heavy atom. The average molecular weight is 593 g/mol. The number of carbonyl (C=O) groups is 2. The van der Waals surface area contributed by atoms with Gasteiger partial charge in [-0.15, -0.1) is 0 Å². The number of nitrogens with two attached hydrogens (primary N) is 1. The predicted molar refractivity (Wildman–Crippen MR) is 154 cm³/mol. The van der Waals surface area contributed by atoms with E-state index in [1.54, 1.807) is 34.9 Å². The van der Waals surface area contributed by atoms with Gasteiger partial charge in [-0.1, -0.05) is 6.92 Å². The van der Waals surface area contributed by atoms with Crippen molar-refractivity contribution in [1.29, 1.82) is 5.26 Å². The molecule has 0 radical (unpaired) electrons. The number of hydrogen-bond donors (Lipinski definition) is 5. The molecule has 43 heavy (non-hydrogen) atoms. The van der Waals surface area contributed by atoms with Crippen molar-refractivity contribution in [1.82, 2.24) is 25.0 Å². The lowest BCUT2D eigenvalue weighted by Crippen LogP contribution is -2.48. The van der Waals surface area contributed by atoms with E-state index in [1.165, 1.54) is 31.5 Å². The number of nitriles is 1. The molecule has 12 nitrogen and oxygen atoms in total. The lowest BCUT2D eigenvalue weighted by atomic mass is 10.0. The molecule has 0 aliphatic carbocycles. The van der Waals surface area contributed by atoms with Gasteiger partial charge >= 0.3 is 0 Å². The average Bonchev–Trinajstić information content (AvgIpc) is 3.44. The van der Waals surface area contributed by atoms with E-state index >= 15 is 0 Å². The number of aliphatic hydroxyl groups is 1. The summed E-state index contributed by atoms with van der Waals surface area (Å²) in [6.07, 6.45) is 3.98. The van der Waals surface area contributed by atoms with Crippen LogP contribution in [0.15, 0.2) is 48.9 Å². The molecule has 2 amide bonds. The number of aliphatic hydroxyl groups excluding tert-OH is 1. The Balaban J connectivity index is 1.49. The van der Waals surface area contributed by atoms with Crippen LogP contribution in [0.3, 0.4) is 0 Å². The van der Waals surface area contributed by atoms with E-state index < -0.39 is 36.3 Å². The molecular formula is C29H30F2N8O4. The first kappa shape index (κ1) is 30.8. The number of aryl methyl sites for hydroxylation is 1. The molecule has 2 aromatic carbocycles. The normalized spacial score (nSPS) is 12.3. The number of benzene rings is 2. The summed E-state index contributed by atoms with van der Waals surface area (Å²) in [7, 11) is 0. The molecule has 0 aliphatic rings. The number of fused-ring (bicyclic) bond motifs is 1. The minimum absolute atomic E-state index is 0.0551. The van der Waals surface area contributed by atoms with Crippen LogP contribution in [0.5, 0.6) is 5.75 Å². The Hall–Kier alpha value is -5.13. The van der Waals surface area contributed by atoms with Gasteiger partial charge in [0.1, 0.15) is 12.1 Å². The Morgan fingerprint density at radius 1 is 1.16 bits per heavy atom. The Morgan fingerprint density at radius 3 is 2.65 bits per heavy atom. The van der Waals surface area contributed by atoms with Crippen LogP contribution in [0, 0.1) is 23.0 Å². The molecule has 2 heterocycles. The van der Waals surface area contributed by atoms with Gasteiger partial charge in [-0.25, -0.2) is 14.4 Å². The molecule has 0 spiro atoms. The quantitative estimate of drug-likeness (QED) is 0.154. The second-order valence-corrected chi connectivity index (χ2v) is 9.46. The van der Waals surface area contributed by atoms with Crippen LogP contribution in [-0.2, 0) is 11.2 Å². The first-order valence-electron chi connectivity index (χ1n) is 13.4. The van der Waals surface area contributed by atoms with Crippen LogP contribution in [0.4, 0.5) is 20.3 Å². The fourth-order valence-electron chi connectivity index (χ4n) is 4.27. The number of anilines is 2. The van der Waals surface area contributed by atoms with Crippen LogP contribution in [0.2, 0.25) is 0 Å². The summed E-state index contributed by atoms with van der Waals surface area (Å²) in [4.78, 5) is 33.3. The summed E-state index contributed by atoms with van der Waals surface area (Å²) in [5.74, 6) is -3.22. The smallest absolute Gasteiger partial charge is 0.251 e. The third-order valence-electron chi connectivity index (χ3n) is 6.57. The summed E-state index contributed by atoms with van der Waals surface area (Å²) < 4.78 is 36.0. The van der Waals surface area contributed by atoms with Crippen molar-refractivity contribution in [2.75, 3.05) is 25.0 Å². The highest BCUT2D eigenvalue weighted by atomic mass is 19.2. The van der Waals surface area contributed by atoms with Gasteiger partial charge in [0, 0.05) is 42.3 Å². The van der Waals surface area contributed by atoms with Crippen LogP contribution in [-0.4, -0.2) is 63.1 Å². The number of ether oxygens (including phenoxy) is 1. The van der Waals surface area contributed by atoms with Crippen molar-refractivity contribution in [3.05, 3.63) is 71.7 Å². The van der Waals surface area contributed by atoms with E-state index in [1.807, 2.05) is 6.92 Å². The largest absolute Gasteiger partial charge is 0.476 e. The number of imidazole rings is 1. The van der Waals surface area contributed by atoms with E-state index in [2.05, 4.69) is 25.9 Å². The number of rotatable bonds is 12. The van der Waals surface area contributed by atoms with Crippen molar-refractivity contribution >= 4 is 29.0 Å². The van der Waals surface area contributed by atoms with Gasteiger partial charge in [0.05, 0.1) is 18.0 Å². The number of aromatic nitrogens is 3. The van der Waals surface area contributed by atoms with Gasteiger partial charge in [0.2, 0.25) is 11.7 Å². The van der Waals surface area contributed by atoms with E-state index in [0.717, 1.165) is 5.56 Å². The number of nitrogens with zero attached hydrogens (tertiary/aromatic N) is 4. The van der Waals surface area contributed by atoms with Gasteiger partial charge in [-0.2, -0.15) is 9.65 Å². The fraction of sp³-hybridized carbons (Fsp3) is 0.276.